The topological polar surface area (TPSA) is 72.3 Å². The van der Waals surface area contributed by atoms with Gasteiger partial charge in [-0.3, -0.25) is 9.69 Å². The molecule has 1 amide bonds. The van der Waals surface area contributed by atoms with Gasteiger partial charge < -0.3 is 11.5 Å². The van der Waals surface area contributed by atoms with Gasteiger partial charge >= 0.3 is 0 Å². The number of carbonyl (C=O) groups is 1. The minimum Gasteiger partial charge on any atom is -0.370 e. The average molecular weight is 201 g/mol. The van der Waals surface area contributed by atoms with E-state index in [1.807, 2.05) is 0 Å². The van der Waals surface area contributed by atoms with Crippen molar-refractivity contribution in [2.75, 3.05) is 19.6 Å². The summed E-state index contributed by atoms with van der Waals surface area (Å²) in [7, 11) is 0. The van der Waals surface area contributed by atoms with E-state index in [1.165, 1.54) is 0 Å². The van der Waals surface area contributed by atoms with Gasteiger partial charge in [-0.1, -0.05) is 13.8 Å². The van der Waals surface area contributed by atoms with Crippen molar-refractivity contribution in [2.45, 2.75) is 39.2 Å². The third-order valence-electron chi connectivity index (χ3n) is 2.52. The molecule has 0 aliphatic rings. The Morgan fingerprint density at radius 3 is 2.21 bits per heavy atom. The molecule has 0 unspecified atom stereocenters. The highest BCUT2D eigenvalue weighted by atomic mass is 16.1. The highest BCUT2D eigenvalue weighted by molar-refractivity contribution is 5.73. The molecule has 0 rings (SSSR count). The minimum atomic E-state index is -0.238. The second kappa shape index (κ2) is 7.76. The summed E-state index contributed by atoms with van der Waals surface area (Å²) in [5.74, 6) is -0.238. The predicted molar refractivity (Wildman–Crippen MR) is 58.8 cm³/mol. The molecule has 0 fully saturated rings. The summed E-state index contributed by atoms with van der Waals surface area (Å²) in [6, 6.07) is 0.526. The molecule has 0 spiro atoms. The SMILES string of the molecule is CCC(CC)N(CCN)CCC(N)=O. The molecule has 84 valence electrons. The zero-order valence-electron chi connectivity index (χ0n) is 9.33. The lowest BCUT2D eigenvalue weighted by molar-refractivity contribution is -0.118. The summed E-state index contributed by atoms with van der Waals surface area (Å²) in [5, 5.41) is 0. The number of rotatable bonds is 8. The number of hydrogen-bond acceptors (Lipinski definition) is 3. The first-order chi connectivity index (χ1) is 6.65. The maximum absolute atomic E-state index is 10.7. The molecule has 4 nitrogen and oxygen atoms in total. The van der Waals surface area contributed by atoms with Crippen LogP contribution in [0, 0.1) is 0 Å². The predicted octanol–water partition coefficient (Wildman–Crippen LogP) is 0.311. The Hall–Kier alpha value is -0.610. The van der Waals surface area contributed by atoms with E-state index in [0.717, 1.165) is 25.9 Å². The summed E-state index contributed by atoms with van der Waals surface area (Å²) in [5.41, 5.74) is 10.6. The summed E-state index contributed by atoms with van der Waals surface area (Å²) < 4.78 is 0. The maximum Gasteiger partial charge on any atom is 0.218 e. The van der Waals surface area contributed by atoms with Crippen LogP contribution >= 0.6 is 0 Å². The van der Waals surface area contributed by atoms with Crippen LogP contribution in [0.1, 0.15) is 33.1 Å². The monoisotopic (exact) mass is 201 g/mol. The first kappa shape index (κ1) is 13.4. The van der Waals surface area contributed by atoms with Crippen molar-refractivity contribution in [2.24, 2.45) is 11.5 Å². The summed E-state index contributed by atoms with van der Waals surface area (Å²) in [4.78, 5) is 12.9. The summed E-state index contributed by atoms with van der Waals surface area (Å²) in [6.07, 6.45) is 2.61. The molecule has 0 radical (unpaired) electrons. The maximum atomic E-state index is 10.7. The lowest BCUT2D eigenvalue weighted by Gasteiger charge is -2.29. The van der Waals surface area contributed by atoms with E-state index in [9.17, 15) is 4.79 Å². The molecule has 14 heavy (non-hydrogen) atoms. The zero-order valence-corrected chi connectivity index (χ0v) is 9.33. The molecule has 0 aromatic heterocycles. The molecule has 0 aromatic carbocycles. The number of hydrogen-bond donors (Lipinski definition) is 2. The van der Waals surface area contributed by atoms with Crippen molar-refractivity contribution in [3.05, 3.63) is 0 Å². The number of nitrogens with zero attached hydrogens (tertiary/aromatic N) is 1. The molecule has 4 heteroatoms. The van der Waals surface area contributed by atoms with Crippen molar-refractivity contribution in [3.63, 3.8) is 0 Å². The van der Waals surface area contributed by atoms with E-state index in [1.54, 1.807) is 0 Å². The normalized spacial score (nSPS) is 11.2. The summed E-state index contributed by atoms with van der Waals surface area (Å²) >= 11 is 0. The standard InChI is InChI=1S/C10H23N3O/c1-3-9(4-2)13(8-6-11)7-5-10(12)14/h9H,3-8,11H2,1-2H3,(H2,12,14). The van der Waals surface area contributed by atoms with Crippen molar-refractivity contribution < 1.29 is 4.79 Å². The van der Waals surface area contributed by atoms with Gasteiger partial charge in [0.15, 0.2) is 0 Å². The first-order valence-electron chi connectivity index (χ1n) is 5.38. The Bertz CT molecular complexity index is 157. The van der Waals surface area contributed by atoms with Gasteiger partial charge in [0, 0.05) is 32.1 Å². The molecule has 0 aliphatic heterocycles. The summed E-state index contributed by atoms with van der Waals surface area (Å²) in [6.45, 7) is 6.53. The lowest BCUT2D eigenvalue weighted by Crippen LogP contribution is -2.40. The van der Waals surface area contributed by atoms with E-state index >= 15 is 0 Å². The molecular formula is C10H23N3O. The first-order valence-corrected chi connectivity index (χ1v) is 5.38. The Morgan fingerprint density at radius 2 is 1.86 bits per heavy atom. The largest absolute Gasteiger partial charge is 0.370 e. The van der Waals surface area contributed by atoms with Crippen LogP contribution in [-0.2, 0) is 4.79 Å². The van der Waals surface area contributed by atoms with Crippen molar-refractivity contribution in [3.8, 4) is 0 Å². The molecule has 0 bridgehead atoms. The van der Waals surface area contributed by atoms with Gasteiger partial charge in [-0.15, -0.1) is 0 Å². The molecule has 0 saturated carbocycles. The van der Waals surface area contributed by atoms with E-state index < -0.39 is 0 Å². The van der Waals surface area contributed by atoms with Gasteiger partial charge in [0.25, 0.3) is 0 Å². The molecular weight excluding hydrogens is 178 g/mol. The fraction of sp³-hybridized carbons (Fsp3) is 0.900. The molecule has 0 aliphatic carbocycles. The Labute approximate surface area is 86.6 Å². The number of amides is 1. The second-order valence-electron chi connectivity index (χ2n) is 3.51. The molecule has 0 saturated heterocycles. The number of nitrogens with two attached hydrogens (primary N) is 2. The Kier molecular flexibility index (Phi) is 7.42. The van der Waals surface area contributed by atoms with E-state index in [-0.39, 0.29) is 5.91 Å². The third kappa shape index (κ3) is 5.19. The number of primary amides is 1. The van der Waals surface area contributed by atoms with E-state index in [4.69, 9.17) is 11.5 Å². The Balaban J connectivity index is 4.04. The van der Waals surface area contributed by atoms with Gasteiger partial charge in [0.05, 0.1) is 0 Å². The quantitative estimate of drug-likeness (QED) is 0.593. The highest BCUT2D eigenvalue weighted by Crippen LogP contribution is 2.08. The smallest absolute Gasteiger partial charge is 0.218 e. The van der Waals surface area contributed by atoms with Crippen molar-refractivity contribution in [1.82, 2.24) is 4.90 Å². The van der Waals surface area contributed by atoms with E-state index in [2.05, 4.69) is 18.7 Å². The van der Waals surface area contributed by atoms with Gasteiger partial charge in [-0.05, 0) is 12.8 Å². The van der Waals surface area contributed by atoms with Crippen LogP contribution in [0.15, 0.2) is 0 Å². The lowest BCUT2D eigenvalue weighted by atomic mass is 10.1. The van der Waals surface area contributed by atoms with Crippen molar-refractivity contribution in [1.29, 1.82) is 0 Å². The van der Waals surface area contributed by atoms with Gasteiger partial charge in [-0.25, -0.2) is 0 Å². The molecule has 4 N–H and O–H groups in total. The Morgan fingerprint density at radius 1 is 1.29 bits per heavy atom. The highest BCUT2D eigenvalue weighted by Gasteiger charge is 2.14. The fourth-order valence-corrected chi connectivity index (χ4v) is 1.70. The fourth-order valence-electron chi connectivity index (χ4n) is 1.70. The molecule has 0 aromatic rings. The van der Waals surface area contributed by atoms with Crippen LogP contribution < -0.4 is 11.5 Å². The molecule has 0 heterocycles. The van der Waals surface area contributed by atoms with Crippen LogP contribution in [0.2, 0.25) is 0 Å². The van der Waals surface area contributed by atoms with Crippen LogP contribution in [0.3, 0.4) is 0 Å². The minimum absolute atomic E-state index is 0.238. The van der Waals surface area contributed by atoms with Crippen LogP contribution in [0.25, 0.3) is 0 Å². The van der Waals surface area contributed by atoms with Gasteiger partial charge in [0.1, 0.15) is 0 Å². The number of carbonyl (C=O) groups excluding carboxylic acids is 1. The van der Waals surface area contributed by atoms with Crippen LogP contribution in [0.4, 0.5) is 0 Å². The van der Waals surface area contributed by atoms with Gasteiger partial charge in [-0.2, -0.15) is 0 Å². The van der Waals surface area contributed by atoms with E-state index in [0.29, 0.717) is 19.0 Å². The molecule has 0 atom stereocenters. The van der Waals surface area contributed by atoms with Crippen LogP contribution in [0.5, 0.6) is 0 Å². The third-order valence-corrected chi connectivity index (χ3v) is 2.52. The van der Waals surface area contributed by atoms with Crippen molar-refractivity contribution >= 4 is 5.91 Å². The average Bonchev–Trinajstić information content (AvgIpc) is 2.15. The van der Waals surface area contributed by atoms with Gasteiger partial charge in [0.2, 0.25) is 5.91 Å². The second-order valence-corrected chi connectivity index (χ2v) is 3.51. The zero-order chi connectivity index (χ0) is 11.0. The van der Waals surface area contributed by atoms with Crippen LogP contribution in [-0.4, -0.2) is 36.5 Å².